The molecule has 0 radical (unpaired) electrons. The number of fused-ring (bicyclic) bond motifs is 1. The van der Waals surface area contributed by atoms with Gasteiger partial charge < -0.3 is 10.1 Å². The number of benzene rings is 2. The first-order chi connectivity index (χ1) is 12.3. The number of nitrogens with one attached hydrogen (secondary N) is 1. The highest BCUT2D eigenvalue weighted by Crippen LogP contribution is 2.39. The van der Waals surface area contributed by atoms with Gasteiger partial charge >= 0.3 is 0 Å². The molecule has 1 heterocycles. The van der Waals surface area contributed by atoms with Gasteiger partial charge in [0.25, 0.3) is 5.91 Å². The largest absolute Gasteiger partial charge is 0.496 e. The molecular weight excluding hydrogens is 329 g/mol. The van der Waals surface area contributed by atoms with Crippen LogP contribution in [0.5, 0.6) is 5.75 Å². The van der Waals surface area contributed by atoms with Crippen LogP contribution in [-0.4, -0.2) is 13.0 Å². The fourth-order valence-corrected chi connectivity index (χ4v) is 3.36. The van der Waals surface area contributed by atoms with Gasteiger partial charge in [0.15, 0.2) is 0 Å². The summed E-state index contributed by atoms with van der Waals surface area (Å²) in [7, 11) is 1.69. The van der Waals surface area contributed by atoms with Crippen LogP contribution >= 0.6 is 0 Å². The van der Waals surface area contributed by atoms with Crippen LogP contribution in [-0.2, 0) is 4.79 Å². The van der Waals surface area contributed by atoms with Gasteiger partial charge in [0, 0.05) is 11.1 Å². The van der Waals surface area contributed by atoms with Gasteiger partial charge in [-0.1, -0.05) is 39.8 Å². The lowest BCUT2D eigenvalue weighted by Gasteiger charge is -2.19. The molecule has 2 aromatic carbocycles. The predicted molar refractivity (Wildman–Crippen MR) is 104 cm³/mol. The van der Waals surface area contributed by atoms with E-state index in [-0.39, 0.29) is 23.4 Å². The van der Waals surface area contributed by atoms with Crippen LogP contribution in [0.4, 0.5) is 10.1 Å². The predicted octanol–water partition coefficient (Wildman–Crippen LogP) is 5.57. The molecule has 0 aromatic heterocycles. The molecule has 3 nitrogen and oxygen atoms in total. The van der Waals surface area contributed by atoms with Gasteiger partial charge in [-0.3, -0.25) is 4.79 Å². The molecule has 1 aliphatic rings. The van der Waals surface area contributed by atoms with Gasteiger partial charge in [0.1, 0.15) is 11.6 Å². The molecule has 2 aromatic rings. The van der Waals surface area contributed by atoms with Crippen LogP contribution in [0.1, 0.15) is 61.8 Å². The highest BCUT2D eigenvalue weighted by atomic mass is 19.1. The second-order valence-electron chi connectivity index (χ2n) is 7.22. The van der Waals surface area contributed by atoms with Crippen molar-refractivity contribution in [2.24, 2.45) is 0 Å². The van der Waals surface area contributed by atoms with E-state index in [9.17, 15) is 9.18 Å². The van der Waals surface area contributed by atoms with Crippen molar-refractivity contribution in [2.45, 2.75) is 39.5 Å². The van der Waals surface area contributed by atoms with E-state index in [2.05, 4.69) is 33.0 Å². The third kappa shape index (κ3) is 3.12. The van der Waals surface area contributed by atoms with E-state index in [4.69, 9.17) is 4.74 Å². The van der Waals surface area contributed by atoms with Crippen LogP contribution in [0.2, 0.25) is 0 Å². The third-order valence-corrected chi connectivity index (χ3v) is 4.71. The van der Waals surface area contributed by atoms with Gasteiger partial charge in [-0.25, -0.2) is 4.39 Å². The Morgan fingerprint density at radius 1 is 1.08 bits per heavy atom. The summed E-state index contributed by atoms with van der Waals surface area (Å²) in [5, 5.41) is 2.63. The number of methoxy groups -OCH3 is 1. The summed E-state index contributed by atoms with van der Waals surface area (Å²) in [4.78, 5) is 12.4. The van der Waals surface area contributed by atoms with Crippen molar-refractivity contribution in [3.8, 4) is 5.75 Å². The van der Waals surface area contributed by atoms with Crippen molar-refractivity contribution in [2.75, 3.05) is 12.4 Å². The highest BCUT2D eigenvalue weighted by molar-refractivity contribution is 6.35. The van der Waals surface area contributed by atoms with E-state index in [1.54, 1.807) is 19.2 Å². The maximum atomic E-state index is 14.0. The fourth-order valence-electron chi connectivity index (χ4n) is 3.36. The zero-order valence-corrected chi connectivity index (χ0v) is 15.8. The summed E-state index contributed by atoms with van der Waals surface area (Å²) in [6.45, 7) is 8.47. The number of hydrogen-bond acceptors (Lipinski definition) is 2. The molecule has 0 saturated heterocycles. The summed E-state index contributed by atoms with van der Waals surface area (Å²) < 4.78 is 19.6. The summed E-state index contributed by atoms with van der Waals surface area (Å²) in [6, 6.07) is 8.83. The van der Waals surface area contributed by atoms with Gasteiger partial charge in [0.2, 0.25) is 0 Å². The molecule has 0 fully saturated rings. The Morgan fingerprint density at radius 2 is 1.69 bits per heavy atom. The lowest BCUT2D eigenvalue weighted by atomic mass is 9.90. The summed E-state index contributed by atoms with van der Waals surface area (Å²) in [5.74, 6) is 0.767. The molecule has 0 aliphatic carbocycles. The van der Waals surface area contributed by atoms with Gasteiger partial charge in [-0.2, -0.15) is 0 Å². The molecule has 1 amide bonds. The monoisotopic (exact) mass is 353 g/mol. The van der Waals surface area contributed by atoms with Crippen molar-refractivity contribution >= 4 is 23.2 Å². The van der Waals surface area contributed by atoms with E-state index < -0.39 is 5.82 Å². The average Bonchev–Trinajstić information content (AvgIpc) is 2.91. The maximum absolute atomic E-state index is 14.0. The zero-order chi connectivity index (χ0) is 19.0. The van der Waals surface area contributed by atoms with Gasteiger partial charge in [-0.05, 0) is 52.8 Å². The second-order valence-corrected chi connectivity index (χ2v) is 7.22. The molecule has 0 saturated carbocycles. The normalized spacial score (nSPS) is 14.9. The maximum Gasteiger partial charge on any atom is 0.256 e. The number of carbonyl (C=O) groups is 1. The smallest absolute Gasteiger partial charge is 0.256 e. The SMILES string of the molecule is COc1c(C(C)C)cc(/C=C2/C(=O)Nc3c(F)cccc32)cc1C(C)C. The van der Waals surface area contributed by atoms with Crippen LogP contribution in [0.25, 0.3) is 11.6 Å². The first kappa shape index (κ1) is 18.2. The van der Waals surface area contributed by atoms with Crippen LogP contribution in [0.15, 0.2) is 30.3 Å². The molecule has 0 spiro atoms. The molecule has 4 heteroatoms. The van der Waals surface area contributed by atoms with Crippen molar-refractivity contribution in [3.05, 3.63) is 58.4 Å². The number of ether oxygens (including phenoxy) is 1. The summed E-state index contributed by atoms with van der Waals surface area (Å²) in [6.07, 6.45) is 1.83. The van der Waals surface area contributed by atoms with Crippen molar-refractivity contribution in [1.29, 1.82) is 0 Å². The molecular formula is C22H24FNO2. The molecule has 3 rings (SSSR count). The third-order valence-electron chi connectivity index (χ3n) is 4.71. The molecule has 1 aliphatic heterocycles. The van der Waals surface area contributed by atoms with Crippen molar-refractivity contribution in [1.82, 2.24) is 0 Å². The van der Waals surface area contributed by atoms with E-state index >= 15 is 0 Å². The Kier molecular flexibility index (Phi) is 4.86. The lowest BCUT2D eigenvalue weighted by molar-refractivity contribution is -0.110. The highest BCUT2D eigenvalue weighted by Gasteiger charge is 2.27. The number of halogens is 1. The standard InChI is InChI=1S/C22H24FNO2/c1-12(2)16-9-14(10-17(13(3)4)21(16)26-5)11-18-15-7-6-8-19(23)20(15)24-22(18)25/h6-13H,1-5H3,(H,24,25)/b18-11+. The number of hydrogen-bond donors (Lipinski definition) is 1. The number of anilines is 1. The Morgan fingerprint density at radius 3 is 2.23 bits per heavy atom. The number of amides is 1. The summed E-state index contributed by atoms with van der Waals surface area (Å²) in [5.41, 5.74) is 4.45. The molecule has 0 atom stereocenters. The topological polar surface area (TPSA) is 38.3 Å². The average molecular weight is 353 g/mol. The van der Waals surface area contributed by atoms with Crippen LogP contribution < -0.4 is 10.1 Å². The number of carbonyl (C=O) groups excluding carboxylic acids is 1. The minimum atomic E-state index is -0.417. The molecule has 1 N–H and O–H groups in total. The van der Waals surface area contributed by atoms with Crippen molar-refractivity contribution in [3.63, 3.8) is 0 Å². The molecule has 0 unspecified atom stereocenters. The number of para-hydroxylation sites is 1. The Hall–Kier alpha value is -2.62. The Bertz CT molecular complexity index is 868. The first-order valence-corrected chi connectivity index (χ1v) is 8.87. The van der Waals surface area contributed by atoms with E-state index in [0.717, 1.165) is 22.4 Å². The minimum Gasteiger partial charge on any atom is -0.496 e. The molecule has 136 valence electrons. The van der Waals surface area contributed by atoms with Crippen molar-refractivity contribution < 1.29 is 13.9 Å². The number of rotatable bonds is 4. The van der Waals surface area contributed by atoms with Gasteiger partial charge in [0.05, 0.1) is 12.8 Å². The zero-order valence-electron chi connectivity index (χ0n) is 15.8. The van der Waals surface area contributed by atoms with E-state index in [1.165, 1.54) is 6.07 Å². The van der Waals surface area contributed by atoms with E-state index in [0.29, 0.717) is 11.1 Å². The first-order valence-electron chi connectivity index (χ1n) is 8.87. The fraction of sp³-hybridized carbons (Fsp3) is 0.318. The molecule has 0 bridgehead atoms. The van der Waals surface area contributed by atoms with Gasteiger partial charge in [-0.15, -0.1) is 0 Å². The lowest BCUT2D eigenvalue weighted by Crippen LogP contribution is -2.05. The van der Waals surface area contributed by atoms with Crippen LogP contribution in [0, 0.1) is 5.82 Å². The Labute approximate surface area is 153 Å². The molecule has 26 heavy (non-hydrogen) atoms. The Balaban J connectivity index is 2.18. The summed E-state index contributed by atoms with van der Waals surface area (Å²) >= 11 is 0. The quantitative estimate of drug-likeness (QED) is 0.729. The van der Waals surface area contributed by atoms with E-state index in [1.807, 2.05) is 18.2 Å². The van der Waals surface area contributed by atoms with Crippen LogP contribution in [0.3, 0.4) is 0 Å². The second kappa shape index (κ2) is 6.94. The minimum absolute atomic E-state index is 0.255.